The maximum atomic E-state index is 13.1. The number of benzene rings is 5. The Morgan fingerprint density at radius 1 is 0.897 bits per heavy atom. The number of thiol groups is 1. The lowest BCUT2D eigenvalue weighted by molar-refractivity contribution is 0.120. The molecule has 3 unspecified atom stereocenters. The summed E-state index contributed by atoms with van der Waals surface area (Å²) < 4.78 is 13.5. The zero-order chi connectivity index (χ0) is 40.1. The Balaban J connectivity index is 1.06. The van der Waals surface area contributed by atoms with E-state index in [4.69, 9.17) is 14.5 Å². The van der Waals surface area contributed by atoms with Crippen molar-refractivity contribution in [2.24, 2.45) is 11.8 Å². The molecule has 3 heterocycles. The van der Waals surface area contributed by atoms with Gasteiger partial charge in [0.25, 0.3) is 5.24 Å². The summed E-state index contributed by atoms with van der Waals surface area (Å²) in [5.74, 6) is 2.46. The van der Waals surface area contributed by atoms with Gasteiger partial charge in [-0.15, -0.1) is 11.7 Å². The van der Waals surface area contributed by atoms with E-state index in [-0.39, 0.29) is 23.1 Å². The van der Waals surface area contributed by atoms with E-state index < -0.39 is 5.60 Å². The molecule has 0 bridgehead atoms. The van der Waals surface area contributed by atoms with E-state index in [1.165, 1.54) is 0 Å². The smallest absolute Gasteiger partial charge is 0.278 e. The van der Waals surface area contributed by atoms with E-state index in [1.807, 2.05) is 151 Å². The van der Waals surface area contributed by atoms with Gasteiger partial charge in [-0.3, -0.25) is 9.48 Å². The number of fused-ring (bicyclic) bond motifs is 1. The van der Waals surface area contributed by atoms with Crippen molar-refractivity contribution in [2.75, 3.05) is 13.7 Å². The maximum Gasteiger partial charge on any atom is 0.278 e. The van der Waals surface area contributed by atoms with Crippen LogP contribution < -0.4 is 9.47 Å². The molecule has 2 aromatic heterocycles. The zero-order valence-electron chi connectivity index (χ0n) is 32.3. The number of hydrogen-bond donors (Lipinski definition) is 2. The quantitative estimate of drug-likeness (QED) is 0.0887. The van der Waals surface area contributed by atoms with Gasteiger partial charge in [-0.1, -0.05) is 103 Å². The minimum absolute atomic E-state index is 0.0252. The Hall–Kier alpha value is -6.23. The van der Waals surface area contributed by atoms with Crippen molar-refractivity contribution in [3.8, 4) is 28.5 Å². The fourth-order valence-electron chi connectivity index (χ4n) is 8.21. The SMILES string of the molecule is C=CC(Cn1cc(C(O)(c2ccccc2)c2ccccc2)nn1)C1CCN(C(=O)S)C(Cc2cc(-c3ccc(Oc4ccccc4)cc3)nc3ccc(OC)cc23)C1. The van der Waals surface area contributed by atoms with Crippen LogP contribution in [0.25, 0.3) is 22.2 Å². The Morgan fingerprint density at radius 2 is 1.53 bits per heavy atom. The monoisotopic (exact) mass is 787 g/mol. The molecule has 1 aliphatic rings. The third-order valence-electron chi connectivity index (χ3n) is 11.3. The van der Waals surface area contributed by atoms with Gasteiger partial charge in [0.1, 0.15) is 22.9 Å². The molecule has 58 heavy (non-hydrogen) atoms. The molecular formula is C48H45N5O4S. The summed E-state index contributed by atoms with van der Waals surface area (Å²) in [5.41, 5.74) is 4.05. The first-order valence-corrected chi connectivity index (χ1v) is 19.9. The fraction of sp³-hybridized carbons (Fsp3) is 0.208. The summed E-state index contributed by atoms with van der Waals surface area (Å²) in [6, 6.07) is 44.6. The Morgan fingerprint density at radius 3 is 2.17 bits per heavy atom. The molecule has 9 nitrogen and oxygen atoms in total. The van der Waals surface area contributed by atoms with Gasteiger partial charge in [0, 0.05) is 30.1 Å². The predicted molar refractivity (Wildman–Crippen MR) is 230 cm³/mol. The fourth-order valence-corrected chi connectivity index (χ4v) is 8.48. The Labute approximate surface area is 344 Å². The van der Waals surface area contributed by atoms with Crippen molar-refractivity contribution in [1.29, 1.82) is 0 Å². The van der Waals surface area contributed by atoms with Crippen LogP contribution in [0.5, 0.6) is 17.2 Å². The number of pyridine rings is 1. The molecule has 3 atom stereocenters. The van der Waals surface area contributed by atoms with Crippen LogP contribution in [0.1, 0.15) is 35.2 Å². The van der Waals surface area contributed by atoms with Crippen LogP contribution >= 0.6 is 12.6 Å². The highest BCUT2D eigenvalue weighted by atomic mass is 32.1. The number of aromatic nitrogens is 4. The van der Waals surface area contributed by atoms with Crippen LogP contribution in [-0.2, 0) is 18.6 Å². The molecule has 1 aliphatic heterocycles. The van der Waals surface area contributed by atoms with E-state index in [9.17, 15) is 9.90 Å². The molecule has 8 rings (SSSR count). The van der Waals surface area contributed by atoms with E-state index in [0.29, 0.717) is 36.3 Å². The number of amides is 1. The molecule has 10 heteroatoms. The van der Waals surface area contributed by atoms with Gasteiger partial charge >= 0.3 is 0 Å². The summed E-state index contributed by atoms with van der Waals surface area (Å²) in [7, 11) is 1.66. The van der Waals surface area contributed by atoms with Crippen molar-refractivity contribution in [2.45, 2.75) is 37.5 Å². The van der Waals surface area contributed by atoms with Crippen LogP contribution in [-0.4, -0.2) is 54.9 Å². The van der Waals surface area contributed by atoms with Crippen molar-refractivity contribution in [3.63, 3.8) is 0 Å². The summed E-state index contributed by atoms with van der Waals surface area (Å²) in [6.07, 6.45) is 5.93. The second-order valence-corrected chi connectivity index (χ2v) is 15.2. The molecule has 292 valence electrons. The number of allylic oxidation sites excluding steroid dienone is 1. The first-order valence-electron chi connectivity index (χ1n) is 19.5. The molecule has 7 aromatic rings. The standard InChI is InChI=1S/C48H45N5O4S/c1-3-33(31-52-32-46(50-51-52)48(55,37-13-7-4-8-14-37)38-15-9-5-10-16-38)35-25-26-53(47(54)58)39(27-35)28-36-29-45(49-44-24-23-42(56-2)30-43(36)44)34-19-21-41(22-20-34)57-40-17-11-6-12-18-40/h3-24,29-30,32-33,35,39,55H,1,25-28,31H2,2H3,(H,54,58). The lowest BCUT2D eigenvalue weighted by Gasteiger charge is -2.41. The normalized spacial score (nSPS) is 16.2. The van der Waals surface area contributed by atoms with Crippen LogP contribution in [0.4, 0.5) is 4.79 Å². The number of piperidine rings is 1. The second-order valence-electron chi connectivity index (χ2n) is 14.8. The molecule has 1 fully saturated rings. The molecule has 1 saturated heterocycles. The average Bonchev–Trinajstić information content (AvgIpc) is 3.75. The number of carbonyl (C=O) groups excluding carboxylic acids is 1. The third kappa shape index (κ3) is 8.12. The topological polar surface area (TPSA) is 103 Å². The molecule has 0 saturated carbocycles. The average molecular weight is 788 g/mol. The lowest BCUT2D eigenvalue weighted by atomic mass is 9.79. The first kappa shape index (κ1) is 38.6. The molecular weight excluding hydrogens is 743 g/mol. The molecule has 0 radical (unpaired) electrons. The van der Waals surface area contributed by atoms with E-state index in [1.54, 1.807) is 11.8 Å². The van der Waals surface area contributed by atoms with Gasteiger partial charge in [-0.05, 0) is 108 Å². The van der Waals surface area contributed by atoms with Crippen molar-refractivity contribution in [1.82, 2.24) is 24.9 Å². The van der Waals surface area contributed by atoms with Crippen molar-refractivity contribution >= 4 is 28.8 Å². The number of carbonyl (C=O) groups is 1. The van der Waals surface area contributed by atoms with E-state index in [2.05, 4.69) is 35.6 Å². The van der Waals surface area contributed by atoms with E-state index >= 15 is 0 Å². The van der Waals surface area contributed by atoms with Gasteiger partial charge in [-0.25, -0.2) is 4.98 Å². The summed E-state index contributed by atoms with van der Waals surface area (Å²) >= 11 is 4.35. The van der Waals surface area contributed by atoms with Crippen molar-refractivity contribution < 1.29 is 19.4 Å². The first-order chi connectivity index (χ1) is 28.3. The van der Waals surface area contributed by atoms with Gasteiger partial charge < -0.3 is 19.5 Å². The van der Waals surface area contributed by atoms with Crippen LogP contribution in [0, 0.1) is 11.8 Å². The predicted octanol–water partition coefficient (Wildman–Crippen LogP) is 9.75. The summed E-state index contributed by atoms with van der Waals surface area (Å²) in [4.78, 5) is 20.0. The van der Waals surface area contributed by atoms with Crippen LogP contribution in [0.15, 0.2) is 158 Å². The molecule has 5 aromatic carbocycles. The van der Waals surface area contributed by atoms with E-state index in [0.717, 1.165) is 57.8 Å². The van der Waals surface area contributed by atoms with Crippen LogP contribution in [0.2, 0.25) is 0 Å². The summed E-state index contributed by atoms with van der Waals surface area (Å²) in [5, 5.41) is 22.1. The number of rotatable bonds is 13. The second kappa shape index (κ2) is 17.1. The number of hydrogen-bond acceptors (Lipinski definition) is 7. The van der Waals surface area contributed by atoms with Gasteiger partial charge in [-0.2, -0.15) is 0 Å². The van der Waals surface area contributed by atoms with Gasteiger partial charge in [0.05, 0.1) is 24.5 Å². The van der Waals surface area contributed by atoms with Crippen molar-refractivity contribution in [3.05, 3.63) is 181 Å². The highest BCUT2D eigenvalue weighted by Crippen LogP contribution is 2.38. The van der Waals surface area contributed by atoms with Gasteiger partial charge in [0.15, 0.2) is 5.60 Å². The van der Waals surface area contributed by atoms with Crippen LogP contribution in [0.3, 0.4) is 0 Å². The zero-order valence-corrected chi connectivity index (χ0v) is 33.2. The number of aliphatic hydroxyl groups is 1. The molecule has 1 amide bonds. The lowest BCUT2D eigenvalue weighted by Crippen LogP contribution is -2.46. The number of ether oxygens (including phenoxy) is 2. The number of nitrogens with zero attached hydrogens (tertiary/aromatic N) is 5. The molecule has 0 aliphatic carbocycles. The largest absolute Gasteiger partial charge is 0.497 e. The van der Waals surface area contributed by atoms with Gasteiger partial charge in [0.2, 0.25) is 0 Å². The Bertz CT molecular complexity index is 2460. The molecule has 0 spiro atoms. The molecule has 1 N–H and O–H groups in total. The minimum atomic E-state index is -1.49. The number of likely N-dealkylation sites (tertiary alicyclic amines) is 1. The Kier molecular flexibility index (Phi) is 11.4. The minimum Gasteiger partial charge on any atom is -0.497 e. The summed E-state index contributed by atoms with van der Waals surface area (Å²) in [6.45, 7) is 5.33. The highest BCUT2D eigenvalue weighted by molar-refractivity contribution is 7.96. The number of para-hydroxylation sites is 1. The third-order valence-corrected chi connectivity index (χ3v) is 11.5. The highest BCUT2D eigenvalue weighted by Gasteiger charge is 2.38. The number of methoxy groups -OCH3 is 1. The maximum absolute atomic E-state index is 13.1.